The van der Waals surface area contributed by atoms with Crippen LogP contribution in [-0.4, -0.2) is 23.3 Å². The monoisotopic (exact) mass is 273 g/mol. The predicted molar refractivity (Wildman–Crippen MR) is 82.9 cm³/mol. The quantitative estimate of drug-likeness (QED) is 0.878. The highest BCUT2D eigenvalue weighted by Crippen LogP contribution is 2.33. The van der Waals surface area contributed by atoms with Crippen molar-refractivity contribution in [2.45, 2.75) is 68.9 Å². The maximum Gasteiger partial charge on any atom is 0.0771 e. The van der Waals surface area contributed by atoms with Crippen molar-refractivity contribution in [1.29, 1.82) is 0 Å². The molecule has 0 atom stereocenters. The van der Waals surface area contributed by atoms with Crippen molar-refractivity contribution in [3.05, 3.63) is 35.9 Å². The summed E-state index contributed by atoms with van der Waals surface area (Å²) in [5, 5.41) is 14.0. The van der Waals surface area contributed by atoms with Crippen LogP contribution < -0.4 is 5.32 Å². The van der Waals surface area contributed by atoms with Gasteiger partial charge in [-0.3, -0.25) is 0 Å². The van der Waals surface area contributed by atoms with Gasteiger partial charge in [-0.15, -0.1) is 0 Å². The van der Waals surface area contributed by atoms with Gasteiger partial charge in [-0.2, -0.15) is 0 Å². The molecule has 110 valence electrons. The summed E-state index contributed by atoms with van der Waals surface area (Å²) < 4.78 is 0. The lowest BCUT2D eigenvalue weighted by Gasteiger charge is -2.32. The summed E-state index contributed by atoms with van der Waals surface area (Å²) in [4.78, 5) is 0. The van der Waals surface area contributed by atoms with Crippen molar-refractivity contribution in [2.75, 3.05) is 6.54 Å². The van der Waals surface area contributed by atoms with Gasteiger partial charge in [-0.1, -0.05) is 43.2 Å². The first-order valence-corrected chi connectivity index (χ1v) is 8.26. The van der Waals surface area contributed by atoms with E-state index in [0.29, 0.717) is 6.04 Å². The molecule has 20 heavy (non-hydrogen) atoms. The standard InChI is InChI=1S/C18H27NO/c20-18(12-4-5-13-18)14-19-17-10-8-16(9-11-17)15-6-2-1-3-7-15/h1-3,6-7,16-17,19-20H,4-5,8-14H2. The van der Waals surface area contributed by atoms with Crippen molar-refractivity contribution in [2.24, 2.45) is 0 Å². The van der Waals surface area contributed by atoms with Gasteiger partial charge in [0, 0.05) is 12.6 Å². The first-order chi connectivity index (χ1) is 9.75. The number of hydrogen-bond acceptors (Lipinski definition) is 2. The third-order valence-corrected chi connectivity index (χ3v) is 5.25. The van der Waals surface area contributed by atoms with E-state index in [1.54, 1.807) is 0 Å². The Bertz CT molecular complexity index is 403. The Morgan fingerprint density at radius 2 is 1.65 bits per heavy atom. The lowest BCUT2D eigenvalue weighted by atomic mass is 9.81. The molecular weight excluding hydrogens is 246 g/mol. The molecule has 2 N–H and O–H groups in total. The smallest absolute Gasteiger partial charge is 0.0771 e. The maximum atomic E-state index is 10.4. The van der Waals surface area contributed by atoms with Gasteiger partial charge in [0.25, 0.3) is 0 Å². The highest BCUT2D eigenvalue weighted by molar-refractivity contribution is 5.20. The minimum absolute atomic E-state index is 0.406. The lowest BCUT2D eigenvalue weighted by molar-refractivity contribution is 0.0432. The van der Waals surface area contributed by atoms with Gasteiger partial charge < -0.3 is 10.4 Å². The van der Waals surface area contributed by atoms with E-state index in [2.05, 4.69) is 35.6 Å². The van der Waals surface area contributed by atoms with Crippen LogP contribution in [0, 0.1) is 0 Å². The van der Waals surface area contributed by atoms with E-state index in [1.165, 1.54) is 44.1 Å². The van der Waals surface area contributed by atoms with E-state index in [-0.39, 0.29) is 0 Å². The van der Waals surface area contributed by atoms with Gasteiger partial charge >= 0.3 is 0 Å². The fraction of sp³-hybridized carbons (Fsp3) is 0.667. The van der Waals surface area contributed by atoms with Crippen LogP contribution in [0.4, 0.5) is 0 Å². The summed E-state index contributed by atoms with van der Waals surface area (Å²) in [5.74, 6) is 0.740. The van der Waals surface area contributed by atoms with Crippen LogP contribution in [0.2, 0.25) is 0 Å². The van der Waals surface area contributed by atoms with Gasteiger partial charge in [0.2, 0.25) is 0 Å². The molecule has 2 aliphatic carbocycles. The van der Waals surface area contributed by atoms with E-state index in [4.69, 9.17) is 0 Å². The molecular formula is C18H27NO. The topological polar surface area (TPSA) is 32.3 Å². The molecule has 0 radical (unpaired) electrons. The fourth-order valence-electron chi connectivity index (χ4n) is 3.90. The highest BCUT2D eigenvalue weighted by Gasteiger charge is 2.32. The molecule has 2 aliphatic rings. The summed E-state index contributed by atoms with van der Waals surface area (Å²) in [6.07, 6.45) is 9.40. The minimum Gasteiger partial charge on any atom is -0.389 e. The molecule has 0 amide bonds. The largest absolute Gasteiger partial charge is 0.389 e. The zero-order valence-corrected chi connectivity index (χ0v) is 12.4. The minimum atomic E-state index is -0.406. The molecule has 0 unspecified atom stereocenters. The third kappa shape index (κ3) is 3.42. The van der Waals surface area contributed by atoms with Crippen molar-refractivity contribution in [3.8, 4) is 0 Å². The van der Waals surface area contributed by atoms with E-state index in [0.717, 1.165) is 25.3 Å². The van der Waals surface area contributed by atoms with Crippen LogP contribution in [0.5, 0.6) is 0 Å². The summed E-state index contributed by atoms with van der Waals surface area (Å²) in [5.41, 5.74) is 1.09. The number of aliphatic hydroxyl groups is 1. The molecule has 0 aliphatic heterocycles. The Hall–Kier alpha value is -0.860. The lowest BCUT2D eigenvalue weighted by Crippen LogP contribution is -2.43. The molecule has 0 spiro atoms. The van der Waals surface area contributed by atoms with E-state index in [9.17, 15) is 5.11 Å². The molecule has 2 nitrogen and oxygen atoms in total. The molecule has 0 heterocycles. The zero-order valence-electron chi connectivity index (χ0n) is 12.4. The Morgan fingerprint density at radius 3 is 2.30 bits per heavy atom. The van der Waals surface area contributed by atoms with Crippen molar-refractivity contribution in [1.82, 2.24) is 5.32 Å². The van der Waals surface area contributed by atoms with Crippen LogP contribution >= 0.6 is 0 Å². The molecule has 0 saturated heterocycles. The van der Waals surface area contributed by atoms with Gasteiger partial charge in [0.15, 0.2) is 0 Å². The molecule has 3 rings (SSSR count). The zero-order chi connectivity index (χ0) is 13.8. The Kier molecular flexibility index (Phi) is 4.42. The first kappa shape index (κ1) is 14.1. The van der Waals surface area contributed by atoms with Crippen LogP contribution in [0.1, 0.15) is 62.8 Å². The molecule has 0 bridgehead atoms. The average Bonchev–Trinajstić information content (AvgIpc) is 2.94. The predicted octanol–water partition coefficient (Wildman–Crippen LogP) is 3.61. The second-order valence-corrected chi connectivity index (χ2v) is 6.77. The average molecular weight is 273 g/mol. The molecule has 1 aromatic rings. The van der Waals surface area contributed by atoms with Crippen molar-refractivity contribution in [3.63, 3.8) is 0 Å². The van der Waals surface area contributed by atoms with Crippen molar-refractivity contribution >= 4 is 0 Å². The van der Waals surface area contributed by atoms with Gasteiger partial charge in [-0.05, 0) is 50.0 Å². The number of benzene rings is 1. The Balaban J connectivity index is 1.44. The molecule has 1 aromatic carbocycles. The SMILES string of the molecule is OC1(CNC2CCC(c3ccccc3)CC2)CCCC1. The van der Waals surface area contributed by atoms with Gasteiger partial charge in [0.05, 0.1) is 5.60 Å². The van der Waals surface area contributed by atoms with Crippen molar-refractivity contribution < 1.29 is 5.11 Å². The summed E-state index contributed by atoms with van der Waals surface area (Å²) in [7, 11) is 0. The maximum absolute atomic E-state index is 10.4. The van der Waals surface area contributed by atoms with Gasteiger partial charge in [-0.25, -0.2) is 0 Å². The Morgan fingerprint density at radius 1 is 1.00 bits per heavy atom. The van der Waals surface area contributed by atoms with Crippen LogP contribution in [0.15, 0.2) is 30.3 Å². The van der Waals surface area contributed by atoms with Crippen LogP contribution in [0.3, 0.4) is 0 Å². The third-order valence-electron chi connectivity index (χ3n) is 5.25. The molecule has 0 aromatic heterocycles. The van der Waals surface area contributed by atoms with E-state index in [1.807, 2.05) is 0 Å². The van der Waals surface area contributed by atoms with Gasteiger partial charge in [0.1, 0.15) is 0 Å². The molecule has 2 fully saturated rings. The highest BCUT2D eigenvalue weighted by atomic mass is 16.3. The number of nitrogens with one attached hydrogen (secondary N) is 1. The second kappa shape index (κ2) is 6.28. The van der Waals surface area contributed by atoms with E-state index >= 15 is 0 Å². The summed E-state index contributed by atoms with van der Waals surface area (Å²) in [6, 6.07) is 11.5. The number of rotatable bonds is 4. The first-order valence-electron chi connectivity index (χ1n) is 8.26. The van der Waals surface area contributed by atoms with Crippen LogP contribution in [0.25, 0.3) is 0 Å². The number of hydrogen-bond donors (Lipinski definition) is 2. The molecule has 2 heteroatoms. The second-order valence-electron chi connectivity index (χ2n) is 6.77. The fourth-order valence-corrected chi connectivity index (χ4v) is 3.90. The molecule has 2 saturated carbocycles. The van der Waals surface area contributed by atoms with Crippen LogP contribution in [-0.2, 0) is 0 Å². The summed E-state index contributed by atoms with van der Waals surface area (Å²) >= 11 is 0. The van der Waals surface area contributed by atoms with E-state index < -0.39 is 5.60 Å². The Labute approximate surface area is 122 Å². The summed E-state index contributed by atoms with van der Waals surface area (Å²) in [6.45, 7) is 0.799. The normalized spacial score (nSPS) is 29.4.